The third-order valence-corrected chi connectivity index (χ3v) is 4.61. The lowest BCUT2D eigenvalue weighted by molar-refractivity contribution is -0.120. The van der Waals surface area contributed by atoms with E-state index >= 15 is 0 Å². The van der Waals surface area contributed by atoms with Crippen molar-refractivity contribution in [2.45, 2.75) is 19.8 Å². The van der Waals surface area contributed by atoms with Gasteiger partial charge >= 0.3 is 5.97 Å². The number of nitrogens with one attached hydrogen (secondary N) is 1. The first-order valence-corrected chi connectivity index (χ1v) is 9.05. The van der Waals surface area contributed by atoms with Crippen molar-refractivity contribution in [3.63, 3.8) is 0 Å². The number of nitrogens with zero attached hydrogens (tertiary/aromatic N) is 2. The van der Waals surface area contributed by atoms with Crippen LogP contribution in [-0.4, -0.2) is 41.7 Å². The Morgan fingerprint density at radius 2 is 1.96 bits per heavy atom. The van der Waals surface area contributed by atoms with E-state index in [-0.39, 0.29) is 23.5 Å². The van der Waals surface area contributed by atoms with E-state index in [4.69, 9.17) is 4.74 Å². The number of rotatable bonds is 5. The van der Waals surface area contributed by atoms with E-state index < -0.39 is 0 Å². The lowest BCUT2D eigenvalue weighted by atomic mass is 9.95. The normalized spacial score (nSPS) is 14.6. The molecule has 0 bridgehead atoms. The first-order chi connectivity index (χ1) is 13.1. The van der Waals surface area contributed by atoms with Crippen LogP contribution in [0.4, 0.5) is 11.5 Å². The number of hydrogen-bond acceptors (Lipinski definition) is 6. The number of hydrogen-bond donors (Lipinski definition) is 2. The van der Waals surface area contributed by atoms with Crippen molar-refractivity contribution in [3.8, 4) is 5.75 Å². The molecule has 1 aliphatic rings. The van der Waals surface area contributed by atoms with E-state index in [0.29, 0.717) is 43.8 Å². The molecule has 2 heterocycles. The lowest BCUT2D eigenvalue weighted by Gasteiger charge is -2.32. The van der Waals surface area contributed by atoms with Gasteiger partial charge in [0.05, 0.1) is 17.9 Å². The zero-order valence-corrected chi connectivity index (χ0v) is 15.2. The minimum absolute atomic E-state index is 0.0641. The van der Waals surface area contributed by atoms with Gasteiger partial charge in [0.25, 0.3) is 0 Å². The molecule has 27 heavy (non-hydrogen) atoms. The maximum Gasteiger partial charge on any atom is 0.339 e. The van der Waals surface area contributed by atoms with Crippen LogP contribution in [0.1, 0.15) is 30.1 Å². The van der Waals surface area contributed by atoms with Crippen LogP contribution in [0.15, 0.2) is 42.6 Å². The minimum atomic E-state index is -0.379. The number of esters is 1. The number of benzene rings is 1. The summed E-state index contributed by atoms with van der Waals surface area (Å²) in [5.74, 6) is 0.273. The zero-order chi connectivity index (χ0) is 19.2. The van der Waals surface area contributed by atoms with Crippen LogP contribution < -0.4 is 10.2 Å². The molecule has 1 saturated heterocycles. The number of pyridine rings is 1. The number of ether oxygens (including phenoxy) is 1. The highest BCUT2D eigenvalue weighted by atomic mass is 16.5. The first kappa shape index (κ1) is 18.7. The van der Waals surface area contributed by atoms with Crippen LogP contribution in [0.25, 0.3) is 0 Å². The second kappa shape index (κ2) is 8.53. The number of para-hydroxylation sites is 2. The van der Waals surface area contributed by atoms with E-state index in [1.54, 1.807) is 43.3 Å². The zero-order valence-electron chi connectivity index (χ0n) is 15.2. The molecular weight excluding hydrogens is 346 g/mol. The number of aromatic nitrogens is 1. The molecule has 1 aromatic carbocycles. The monoisotopic (exact) mass is 369 g/mol. The molecule has 1 amide bonds. The summed E-state index contributed by atoms with van der Waals surface area (Å²) in [5, 5.41) is 12.6. The number of anilines is 2. The fourth-order valence-electron chi connectivity index (χ4n) is 3.09. The average molecular weight is 369 g/mol. The molecule has 1 aliphatic heterocycles. The van der Waals surface area contributed by atoms with Crippen molar-refractivity contribution in [2.75, 3.05) is 29.9 Å². The summed E-state index contributed by atoms with van der Waals surface area (Å²) in [6, 6.07) is 10.2. The summed E-state index contributed by atoms with van der Waals surface area (Å²) in [7, 11) is 0. The second-order valence-electron chi connectivity index (χ2n) is 6.39. The van der Waals surface area contributed by atoms with Crippen LogP contribution in [0, 0.1) is 5.92 Å². The van der Waals surface area contributed by atoms with E-state index in [9.17, 15) is 14.7 Å². The summed E-state index contributed by atoms with van der Waals surface area (Å²) in [5.41, 5.74) is 0.860. The standard InChI is InChI=1S/C20H23N3O4/c1-2-27-20(26)15-7-8-18(21-13-15)23-11-9-14(10-12-23)19(25)22-16-5-3-4-6-17(16)24/h3-8,13-14,24H,2,9-12H2,1H3,(H,22,25). The van der Waals surface area contributed by atoms with Crippen molar-refractivity contribution in [2.24, 2.45) is 5.92 Å². The van der Waals surface area contributed by atoms with Gasteiger partial charge in [-0.2, -0.15) is 0 Å². The van der Waals surface area contributed by atoms with Gasteiger partial charge < -0.3 is 20.1 Å². The Hall–Kier alpha value is -3.09. The quantitative estimate of drug-likeness (QED) is 0.622. The van der Waals surface area contributed by atoms with Crippen LogP contribution in [-0.2, 0) is 9.53 Å². The van der Waals surface area contributed by atoms with Crippen molar-refractivity contribution < 1.29 is 19.4 Å². The van der Waals surface area contributed by atoms with Gasteiger partial charge in [-0.05, 0) is 44.0 Å². The fraction of sp³-hybridized carbons (Fsp3) is 0.350. The molecule has 142 valence electrons. The molecule has 7 nitrogen and oxygen atoms in total. The molecule has 0 atom stereocenters. The number of carbonyl (C=O) groups is 2. The molecule has 2 N–H and O–H groups in total. The van der Waals surface area contributed by atoms with Gasteiger partial charge in [0, 0.05) is 25.2 Å². The lowest BCUT2D eigenvalue weighted by Crippen LogP contribution is -2.38. The molecule has 0 spiro atoms. The molecule has 7 heteroatoms. The molecule has 0 saturated carbocycles. The van der Waals surface area contributed by atoms with Crippen LogP contribution in [0.3, 0.4) is 0 Å². The van der Waals surface area contributed by atoms with Gasteiger partial charge in [0.15, 0.2) is 0 Å². The molecule has 1 aromatic heterocycles. The SMILES string of the molecule is CCOC(=O)c1ccc(N2CCC(C(=O)Nc3ccccc3O)CC2)nc1. The summed E-state index contributed by atoms with van der Waals surface area (Å²) >= 11 is 0. The summed E-state index contributed by atoms with van der Waals surface area (Å²) in [6.45, 7) is 3.49. The minimum Gasteiger partial charge on any atom is -0.506 e. The van der Waals surface area contributed by atoms with Crippen molar-refractivity contribution in [3.05, 3.63) is 48.2 Å². The van der Waals surface area contributed by atoms with E-state index in [1.807, 2.05) is 0 Å². The van der Waals surface area contributed by atoms with E-state index in [1.165, 1.54) is 6.20 Å². The molecular formula is C20H23N3O4. The highest BCUT2D eigenvalue weighted by molar-refractivity contribution is 5.94. The van der Waals surface area contributed by atoms with Gasteiger partial charge in [0.1, 0.15) is 11.6 Å². The van der Waals surface area contributed by atoms with Crippen molar-refractivity contribution in [1.82, 2.24) is 4.98 Å². The molecule has 0 aliphatic carbocycles. The van der Waals surface area contributed by atoms with Gasteiger partial charge in [-0.1, -0.05) is 12.1 Å². The Morgan fingerprint density at radius 3 is 2.59 bits per heavy atom. The van der Waals surface area contributed by atoms with Gasteiger partial charge in [0.2, 0.25) is 5.91 Å². The molecule has 0 unspecified atom stereocenters. The maximum absolute atomic E-state index is 12.4. The van der Waals surface area contributed by atoms with Crippen LogP contribution in [0.2, 0.25) is 0 Å². The van der Waals surface area contributed by atoms with E-state index in [0.717, 1.165) is 5.82 Å². The summed E-state index contributed by atoms with van der Waals surface area (Å²) in [6.07, 6.45) is 2.91. The summed E-state index contributed by atoms with van der Waals surface area (Å²) in [4.78, 5) is 30.6. The van der Waals surface area contributed by atoms with Crippen LogP contribution >= 0.6 is 0 Å². The van der Waals surface area contributed by atoms with Crippen molar-refractivity contribution in [1.29, 1.82) is 0 Å². The fourth-order valence-corrected chi connectivity index (χ4v) is 3.09. The van der Waals surface area contributed by atoms with Gasteiger partial charge in [-0.25, -0.2) is 9.78 Å². The number of amides is 1. The van der Waals surface area contributed by atoms with E-state index in [2.05, 4.69) is 15.2 Å². The molecule has 0 radical (unpaired) electrons. The topological polar surface area (TPSA) is 91.8 Å². The molecule has 3 rings (SSSR count). The van der Waals surface area contributed by atoms with Gasteiger partial charge in [-0.3, -0.25) is 4.79 Å². The van der Waals surface area contributed by atoms with Crippen molar-refractivity contribution >= 4 is 23.4 Å². The smallest absolute Gasteiger partial charge is 0.339 e. The Morgan fingerprint density at radius 1 is 1.22 bits per heavy atom. The highest BCUT2D eigenvalue weighted by Crippen LogP contribution is 2.26. The number of carbonyl (C=O) groups excluding carboxylic acids is 2. The predicted molar refractivity (Wildman–Crippen MR) is 102 cm³/mol. The second-order valence-corrected chi connectivity index (χ2v) is 6.39. The van der Waals surface area contributed by atoms with Gasteiger partial charge in [-0.15, -0.1) is 0 Å². The average Bonchev–Trinajstić information content (AvgIpc) is 2.70. The Labute approximate surface area is 158 Å². The number of piperidine rings is 1. The molecule has 2 aromatic rings. The molecule has 1 fully saturated rings. The Balaban J connectivity index is 1.55. The maximum atomic E-state index is 12.4. The number of phenolic OH excluding ortho intramolecular Hbond substituents is 1. The summed E-state index contributed by atoms with van der Waals surface area (Å²) < 4.78 is 4.96. The van der Waals surface area contributed by atoms with Crippen LogP contribution in [0.5, 0.6) is 5.75 Å². The third kappa shape index (κ3) is 4.55. The number of aromatic hydroxyl groups is 1. The first-order valence-electron chi connectivity index (χ1n) is 9.05. The Kier molecular flexibility index (Phi) is 5.90. The highest BCUT2D eigenvalue weighted by Gasteiger charge is 2.26. The largest absolute Gasteiger partial charge is 0.506 e. The predicted octanol–water partition coefficient (Wildman–Crippen LogP) is 2.82. The third-order valence-electron chi connectivity index (χ3n) is 4.61. The number of phenols is 1. The Bertz CT molecular complexity index is 799.